The molecule has 0 radical (unpaired) electrons. The number of thiazole rings is 2. The molecular formula is C23H15FN4O2S2. The average Bonchev–Trinajstić information content (AvgIpc) is 3.47. The van der Waals surface area contributed by atoms with Crippen LogP contribution in [0.2, 0.25) is 0 Å². The zero-order valence-corrected chi connectivity index (χ0v) is 18.3. The third-order valence-corrected chi connectivity index (χ3v) is 6.59. The van der Waals surface area contributed by atoms with Crippen LogP contribution in [-0.4, -0.2) is 28.0 Å². The number of rotatable bonds is 5. The van der Waals surface area contributed by atoms with Crippen molar-refractivity contribution in [3.8, 4) is 27.7 Å². The van der Waals surface area contributed by atoms with Crippen molar-refractivity contribution in [1.29, 1.82) is 0 Å². The summed E-state index contributed by atoms with van der Waals surface area (Å²) in [5, 5.41) is 6.00. The number of nitrogens with zero attached hydrogens (tertiary/aromatic N) is 3. The molecule has 1 N–H and O–H groups in total. The Balaban J connectivity index is 1.52. The summed E-state index contributed by atoms with van der Waals surface area (Å²) >= 11 is 2.84. The largest absolute Gasteiger partial charge is 0.494 e. The second-order valence-corrected chi connectivity index (χ2v) is 8.58. The standard InChI is InChI=1S/C23H15FN4O2S2/c1-30-18-10-9-15(17-12-31-22(26-17)16-4-2-3-11-25-16)20-19(18)27-23(32-20)28-21(29)13-5-7-14(24)8-6-13/h2-12H,1H3,(H,27,28,29). The molecular weight excluding hydrogens is 447 g/mol. The summed E-state index contributed by atoms with van der Waals surface area (Å²) in [6.45, 7) is 0. The van der Waals surface area contributed by atoms with Crippen LogP contribution in [0.1, 0.15) is 10.4 Å². The van der Waals surface area contributed by atoms with Gasteiger partial charge in [-0.2, -0.15) is 0 Å². The van der Waals surface area contributed by atoms with Crippen molar-refractivity contribution in [3.63, 3.8) is 0 Å². The van der Waals surface area contributed by atoms with Crippen LogP contribution in [0.25, 0.3) is 32.2 Å². The number of benzene rings is 2. The molecule has 0 aliphatic heterocycles. The molecule has 2 aromatic carbocycles. The Morgan fingerprint density at radius 1 is 1.03 bits per heavy atom. The van der Waals surface area contributed by atoms with Crippen LogP contribution < -0.4 is 10.1 Å². The van der Waals surface area contributed by atoms with Gasteiger partial charge in [-0.25, -0.2) is 14.4 Å². The molecule has 32 heavy (non-hydrogen) atoms. The summed E-state index contributed by atoms with van der Waals surface area (Å²) in [6, 6.07) is 14.8. The third kappa shape index (κ3) is 3.83. The van der Waals surface area contributed by atoms with E-state index in [2.05, 4.69) is 15.3 Å². The van der Waals surface area contributed by atoms with Gasteiger partial charge < -0.3 is 4.74 Å². The van der Waals surface area contributed by atoms with Gasteiger partial charge in [-0.15, -0.1) is 11.3 Å². The lowest BCUT2D eigenvalue weighted by Crippen LogP contribution is -2.11. The number of hydrogen-bond donors (Lipinski definition) is 1. The molecule has 5 aromatic rings. The van der Waals surface area contributed by atoms with Crippen molar-refractivity contribution in [2.75, 3.05) is 12.4 Å². The van der Waals surface area contributed by atoms with Crippen LogP contribution >= 0.6 is 22.7 Å². The number of anilines is 1. The van der Waals surface area contributed by atoms with E-state index in [-0.39, 0.29) is 5.91 Å². The van der Waals surface area contributed by atoms with Crippen molar-refractivity contribution >= 4 is 43.9 Å². The summed E-state index contributed by atoms with van der Waals surface area (Å²) in [7, 11) is 1.58. The highest BCUT2D eigenvalue weighted by Gasteiger charge is 2.18. The highest BCUT2D eigenvalue weighted by molar-refractivity contribution is 7.23. The maximum Gasteiger partial charge on any atom is 0.257 e. The number of pyridine rings is 1. The number of halogens is 1. The van der Waals surface area contributed by atoms with Gasteiger partial charge in [0.1, 0.15) is 22.1 Å². The second kappa shape index (κ2) is 8.45. The molecule has 158 valence electrons. The van der Waals surface area contributed by atoms with Crippen LogP contribution in [0.15, 0.2) is 66.2 Å². The molecule has 0 spiro atoms. The minimum Gasteiger partial charge on any atom is -0.494 e. The molecule has 0 aliphatic rings. The van der Waals surface area contributed by atoms with Crippen molar-refractivity contribution in [1.82, 2.24) is 15.0 Å². The first-order chi connectivity index (χ1) is 15.6. The third-order valence-electron chi connectivity index (χ3n) is 4.72. The van der Waals surface area contributed by atoms with Gasteiger partial charge in [0, 0.05) is 22.7 Å². The number of methoxy groups -OCH3 is 1. The van der Waals surface area contributed by atoms with Gasteiger partial charge in [-0.05, 0) is 48.5 Å². The van der Waals surface area contributed by atoms with E-state index < -0.39 is 5.82 Å². The zero-order chi connectivity index (χ0) is 22.1. The molecule has 0 saturated heterocycles. The number of carbonyl (C=O) groups excluding carboxylic acids is 1. The number of amides is 1. The molecule has 1 amide bonds. The molecule has 0 atom stereocenters. The Kier molecular flexibility index (Phi) is 5.34. The fourth-order valence-electron chi connectivity index (χ4n) is 3.18. The SMILES string of the molecule is COc1ccc(-c2csc(-c3ccccn3)n2)c2sc(NC(=O)c3ccc(F)cc3)nc12. The monoisotopic (exact) mass is 462 g/mol. The Morgan fingerprint density at radius 3 is 2.62 bits per heavy atom. The maximum absolute atomic E-state index is 13.2. The molecule has 9 heteroatoms. The van der Waals surface area contributed by atoms with Crippen LogP contribution in [0, 0.1) is 5.82 Å². The lowest BCUT2D eigenvalue weighted by atomic mass is 10.1. The summed E-state index contributed by atoms with van der Waals surface area (Å²) in [4.78, 5) is 26.2. The Bertz CT molecular complexity index is 1420. The van der Waals surface area contributed by atoms with E-state index >= 15 is 0 Å². The number of aromatic nitrogens is 3. The van der Waals surface area contributed by atoms with E-state index in [1.807, 2.05) is 35.7 Å². The highest BCUT2D eigenvalue weighted by Crippen LogP contribution is 2.40. The normalized spacial score (nSPS) is 10.9. The topological polar surface area (TPSA) is 77.0 Å². The number of carbonyl (C=O) groups is 1. The lowest BCUT2D eigenvalue weighted by molar-refractivity contribution is 0.102. The minimum atomic E-state index is -0.399. The summed E-state index contributed by atoms with van der Waals surface area (Å²) in [6.07, 6.45) is 1.74. The van der Waals surface area contributed by atoms with Crippen molar-refractivity contribution < 1.29 is 13.9 Å². The van der Waals surface area contributed by atoms with Crippen molar-refractivity contribution in [2.24, 2.45) is 0 Å². The molecule has 3 aromatic heterocycles. The van der Waals surface area contributed by atoms with E-state index in [9.17, 15) is 9.18 Å². The van der Waals surface area contributed by atoms with Crippen LogP contribution in [-0.2, 0) is 0 Å². The van der Waals surface area contributed by atoms with Gasteiger partial charge in [0.2, 0.25) is 0 Å². The number of nitrogens with one attached hydrogen (secondary N) is 1. The molecule has 3 heterocycles. The van der Waals surface area contributed by atoms with Gasteiger partial charge >= 0.3 is 0 Å². The van der Waals surface area contributed by atoms with E-state index in [0.717, 1.165) is 26.7 Å². The Hall–Kier alpha value is -3.69. The van der Waals surface area contributed by atoms with Gasteiger partial charge in [-0.3, -0.25) is 15.1 Å². The molecule has 0 unspecified atom stereocenters. The summed E-state index contributed by atoms with van der Waals surface area (Å²) in [5.41, 5.74) is 3.47. The van der Waals surface area contributed by atoms with Crippen LogP contribution in [0.3, 0.4) is 0 Å². The number of hydrogen-bond acceptors (Lipinski definition) is 7. The molecule has 0 aliphatic carbocycles. The molecule has 5 rings (SSSR count). The first-order valence-electron chi connectivity index (χ1n) is 9.54. The highest BCUT2D eigenvalue weighted by atomic mass is 32.1. The van der Waals surface area contributed by atoms with Gasteiger partial charge in [-0.1, -0.05) is 17.4 Å². The summed E-state index contributed by atoms with van der Waals surface area (Å²) in [5.74, 6) is -0.164. The average molecular weight is 463 g/mol. The van der Waals surface area contributed by atoms with Gasteiger partial charge in [0.15, 0.2) is 5.13 Å². The lowest BCUT2D eigenvalue weighted by Gasteiger charge is -2.03. The van der Waals surface area contributed by atoms with Crippen molar-refractivity contribution in [2.45, 2.75) is 0 Å². The first kappa shape index (κ1) is 20.2. The maximum atomic E-state index is 13.2. The van der Waals surface area contributed by atoms with Crippen molar-refractivity contribution in [3.05, 3.63) is 77.6 Å². The minimum absolute atomic E-state index is 0.345. The fourth-order valence-corrected chi connectivity index (χ4v) is 4.97. The number of ether oxygens (including phenoxy) is 1. The quantitative estimate of drug-likeness (QED) is 0.353. The predicted molar refractivity (Wildman–Crippen MR) is 125 cm³/mol. The molecule has 0 saturated carbocycles. The summed E-state index contributed by atoms with van der Waals surface area (Å²) < 4.78 is 19.5. The molecule has 6 nitrogen and oxygen atoms in total. The predicted octanol–water partition coefficient (Wildman–Crippen LogP) is 5.88. The zero-order valence-electron chi connectivity index (χ0n) is 16.7. The van der Waals surface area contributed by atoms with E-state index in [1.165, 1.54) is 46.9 Å². The van der Waals surface area contributed by atoms with E-state index in [4.69, 9.17) is 9.72 Å². The molecule has 0 bridgehead atoms. The second-order valence-electron chi connectivity index (χ2n) is 6.73. The van der Waals surface area contributed by atoms with Gasteiger partial charge in [0.05, 0.1) is 23.2 Å². The number of fused-ring (bicyclic) bond motifs is 1. The van der Waals surface area contributed by atoms with E-state index in [1.54, 1.807) is 13.3 Å². The Labute approximate surface area is 190 Å². The first-order valence-corrected chi connectivity index (χ1v) is 11.2. The van der Waals surface area contributed by atoms with Gasteiger partial charge in [0.25, 0.3) is 5.91 Å². The Morgan fingerprint density at radius 2 is 1.88 bits per heavy atom. The van der Waals surface area contributed by atoms with Crippen LogP contribution in [0.5, 0.6) is 5.75 Å². The smallest absolute Gasteiger partial charge is 0.257 e. The molecule has 0 fully saturated rings. The van der Waals surface area contributed by atoms with E-state index in [0.29, 0.717) is 22.0 Å². The fraction of sp³-hybridized carbons (Fsp3) is 0.0435. The van der Waals surface area contributed by atoms with Crippen LogP contribution in [0.4, 0.5) is 9.52 Å².